The molecule has 0 radical (unpaired) electrons. The Balaban J connectivity index is 2.23. The van der Waals surface area contributed by atoms with Gasteiger partial charge in [-0.05, 0) is 42.3 Å². The molecule has 0 aliphatic carbocycles. The van der Waals surface area contributed by atoms with Crippen molar-refractivity contribution in [1.29, 1.82) is 0 Å². The summed E-state index contributed by atoms with van der Waals surface area (Å²) in [6, 6.07) is 8.78. The fraction of sp³-hybridized carbons (Fsp3) is 0.133. The molecule has 2 aromatic rings. The van der Waals surface area contributed by atoms with Crippen LogP contribution in [-0.4, -0.2) is 4.99 Å². The predicted molar refractivity (Wildman–Crippen MR) is 77.8 cm³/mol. The molecule has 0 spiro atoms. The average Bonchev–Trinajstić information content (AvgIpc) is 2.37. The minimum atomic E-state index is -0.522. The van der Waals surface area contributed by atoms with Crippen LogP contribution in [0.4, 0.5) is 8.78 Å². The highest BCUT2D eigenvalue weighted by Crippen LogP contribution is 2.23. The predicted octanol–water partition coefficient (Wildman–Crippen LogP) is 3.49. The molecule has 104 valence electrons. The summed E-state index contributed by atoms with van der Waals surface area (Å²) in [5.41, 5.74) is 7.15. The molecule has 0 heterocycles. The maximum absolute atomic E-state index is 13.7. The van der Waals surface area contributed by atoms with Gasteiger partial charge in [-0.2, -0.15) is 0 Å². The van der Waals surface area contributed by atoms with Gasteiger partial charge in [0.15, 0.2) is 0 Å². The van der Waals surface area contributed by atoms with Crippen molar-refractivity contribution < 1.29 is 13.5 Å². The highest BCUT2D eigenvalue weighted by molar-refractivity contribution is 7.80. The molecular weight excluding hydrogens is 280 g/mol. The Morgan fingerprint density at radius 3 is 2.65 bits per heavy atom. The normalized spacial score (nSPS) is 10.3. The van der Waals surface area contributed by atoms with Crippen LogP contribution in [0, 0.1) is 18.6 Å². The summed E-state index contributed by atoms with van der Waals surface area (Å²) in [5.74, 6) is -0.548. The second-order valence-electron chi connectivity index (χ2n) is 4.34. The van der Waals surface area contributed by atoms with Gasteiger partial charge in [0.25, 0.3) is 0 Å². The quantitative estimate of drug-likeness (QED) is 0.877. The van der Waals surface area contributed by atoms with E-state index in [9.17, 15) is 8.78 Å². The molecule has 0 fully saturated rings. The van der Waals surface area contributed by atoms with Crippen LogP contribution in [0.25, 0.3) is 0 Å². The van der Waals surface area contributed by atoms with Gasteiger partial charge in [0.1, 0.15) is 29.0 Å². The van der Waals surface area contributed by atoms with Gasteiger partial charge in [-0.25, -0.2) is 8.78 Å². The summed E-state index contributed by atoms with van der Waals surface area (Å²) < 4.78 is 32.2. The molecule has 0 aliphatic rings. The van der Waals surface area contributed by atoms with Crippen LogP contribution >= 0.6 is 12.2 Å². The Morgan fingerprint density at radius 2 is 2.00 bits per heavy atom. The SMILES string of the molecule is Cc1cc(F)ccc1COc1cccc(F)c1C(N)=S. The molecule has 0 aliphatic heterocycles. The van der Waals surface area contributed by atoms with E-state index in [-0.39, 0.29) is 28.7 Å². The minimum absolute atomic E-state index is 0.0612. The molecule has 2 aromatic carbocycles. The highest BCUT2D eigenvalue weighted by atomic mass is 32.1. The lowest BCUT2D eigenvalue weighted by molar-refractivity contribution is 0.303. The van der Waals surface area contributed by atoms with Gasteiger partial charge < -0.3 is 10.5 Å². The lowest BCUT2D eigenvalue weighted by Crippen LogP contribution is -2.14. The maximum Gasteiger partial charge on any atom is 0.137 e. The summed E-state index contributed by atoms with van der Waals surface area (Å²) in [6.45, 7) is 1.97. The van der Waals surface area contributed by atoms with Crippen LogP contribution in [0.5, 0.6) is 5.75 Å². The minimum Gasteiger partial charge on any atom is -0.488 e. The molecule has 5 heteroatoms. The van der Waals surface area contributed by atoms with Gasteiger partial charge in [-0.1, -0.05) is 24.4 Å². The van der Waals surface area contributed by atoms with E-state index < -0.39 is 5.82 Å². The van der Waals surface area contributed by atoms with E-state index in [1.807, 2.05) is 0 Å². The van der Waals surface area contributed by atoms with Gasteiger partial charge in [-0.15, -0.1) is 0 Å². The van der Waals surface area contributed by atoms with E-state index in [1.54, 1.807) is 19.1 Å². The number of rotatable bonds is 4. The topological polar surface area (TPSA) is 35.2 Å². The molecule has 2 rings (SSSR count). The first kappa shape index (κ1) is 14.4. The van der Waals surface area contributed by atoms with E-state index in [1.165, 1.54) is 24.3 Å². The molecule has 0 atom stereocenters. The Kier molecular flexibility index (Phi) is 4.29. The lowest BCUT2D eigenvalue weighted by Gasteiger charge is -2.12. The molecule has 2 nitrogen and oxygen atoms in total. The Labute approximate surface area is 121 Å². The largest absolute Gasteiger partial charge is 0.488 e. The number of hydrogen-bond donors (Lipinski definition) is 1. The van der Waals surface area contributed by atoms with E-state index in [0.29, 0.717) is 0 Å². The number of aryl methyl sites for hydroxylation is 1. The van der Waals surface area contributed by atoms with Crippen LogP contribution in [-0.2, 0) is 6.61 Å². The van der Waals surface area contributed by atoms with Gasteiger partial charge in [-0.3, -0.25) is 0 Å². The first-order valence-corrected chi connectivity index (χ1v) is 6.36. The summed E-state index contributed by atoms with van der Waals surface area (Å²) in [5, 5.41) is 0. The summed E-state index contributed by atoms with van der Waals surface area (Å²) in [4.78, 5) is -0.0612. The second kappa shape index (κ2) is 5.96. The van der Waals surface area contributed by atoms with Crippen LogP contribution in [0.2, 0.25) is 0 Å². The zero-order chi connectivity index (χ0) is 14.7. The number of benzene rings is 2. The Hall–Kier alpha value is -2.01. The average molecular weight is 293 g/mol. The first-order valence-electron chi connectivity index (χ1n) is 5.95. The summed E-state index contributed by atoms with van der Waals surface area (Å²) in [7, 11) is 0. The number of hydrogen-bond acceptors (Lipinski definition) is 2. The van der Waals surface area contributed by atoms with Crippen molar-refractivity contribution in [1.82, 2.24) is 0 Å². The monoisotopic (exact) mass is 293 g/mol. The van der Waals surface area contributed by atoms with E-state index in [2.05, 4.69) is 0 Å². The van der Waals surface area contributed by atoms with Crippen LogP contribution < -0.4 is 10.5 Å². The van der Waals surface area contributed by atoms with Crippen LogP contribution in [0.1, 0.15) is 16.7 Å². The van der Waals surface area contributed by atoms with Crippen LogP contribution in [0.3, 0.4) is 0 Å². The third kappa shape index (κ3) is 3.11. The Morgan fingerprint density at radius 1 is 1.25 bits per heavy atom. The molecule has 2 N–H and O–H groups in total. The molecule has 0 unspecified atom stereocenters. The molecular formula is C15H13F2NOS. The molecule has 0 aromatic heterocycles. The fourth-order valence-corrected chi connectivity index (χ4v) is 2.04. The standard InChI is InChI=1S/C15H13F2NOS/c1-9-7-11(16)6-5-10(9)8-19-13-4-2-3-12(17)14(13)15(18)20/h2-7H,8H2,1H3,(H2,18,20). The lowest BCUT2D eigenvalue weighted by atomic mass is 10.1. The first-order chi connectivity index (χ1) is 9.49. The molecule has 0 saturated heterocycles. The third-order valence-corrected chi connectivity index (χ3v) is 3.11. The zero-order valence-electron chi connectivity index (χ0n) is 10.8. The van der Waals surface area contributed by atoms with Crippen molar-refractivity contribution in [2.24, 2.45) is 5.73 Å². The number of ether oxygens (including phenoxy) is 1. The number of nitrogens with two attached hydrogens (primary N) is 1. The van der Waals surface area contributed by atoms with Gasteiger partial charge >= 0.3 is 0 Å². The van der Waals surface area contributed by atoms with Gasteiger partial charge in [0.05, 0.1) is 5.56 Å². The number of thiocarbonyl (C=S) groups is 1. The van der Waals surface area contributed by atoms with Crippen molar-refractivity contribution in [2.45, 2.75) is 13.5 Å². The van der Waals surface area contributed by atoms with Crippen molar-refractivity contribution in [3.63, 3.8) is 0 Å². The van der Waals surface area contributed by atoms with E-state index >= 15 is 0 Å². The van der Waals surface area contributed by atoms with Crippen molar-refractivity contribution in [2.75, 3.05) is 0 Å². The summed E-state index contributed by atoms with van der Waals surface area (Å²) in [6.07, 6.45) is 0. The van der Waals surface area contributed by atoms with Crippen molar-refractivity contribution in [3.8, 4) is 5.75 Å². The zero-order valence-corrected chi connectivity index (χ0v) is 11.6. The van der Waals surface area contributed by atoms with Crippen molar-refractivity contribution >= 4 is 17.2 Å². The molecule has 0 bridgehead atoms. The molecule has 0 amide bonds. The highest BCUT2D eigenvalue weighted by Gasteiger charge is 2.12. The molecule has 0 saturated carbocycles. The van der Waals surface area contributed by atoms with Gasteiger partial charge in [0.2, 0.25) is 0 Å². The Bertz CT molecular complexity index is 658. The van der Waals surface area contributed by atoms with Crippen LogP contribution in [0.15, 0.2) is 36.4 Å². The van der Waals surface area contributed by atoms with Crippen molar-refractivity contribution in [3.05, 3.63) is 64.7 Å². The smallest absolute Gasteiger partial charge is 0.137 e. The summed E-state index contributed by atoms with van der Waals surface area (Å²) >= 11 is 4.82. The third-order valence-electron chi connectivity index (χ3n) is 2.91. The van der Waals surface area contributed by atoms with Gasteiger partial charge in [0, 0.05) is 0 Å². The molecule has 20 heavy (non-hydrogen) atoms. The van der Waals surface area contributed by atoms with E-state index in [4.69, 9.17) is 22.7 Å². The van der Waals surface area contributed by atoms with E-state index in [0.717, 1.165) is 11.1 Å². The maximum atomic E-state index is 13.7. The second-order valence-corrected chi connectivity index (χ2v) is 4.78. The fourth-order valence-electron chi connectivity index (χ4n) is 1.84. The number of halogens is 2.